The number of benzene rings is 1. The highest BCUT2D eigenvalue weighted by atomic mass is 35.5. The van der Waals surface area contributed by atoms with Gasteiger partial charge in [0.15, 0.2) is 0 Å². The van der Waals surface area contributed by atoms with E-state index in [0.717, 1.165) is 11.1 Å². The van der Waals surface area contributed by atoms with Crippen LogP contribution >= 0.6 is 11.6 Å². The van der Waals surface area contributed by atoms with E-state index in [-0.39, 0.29) is 24.2 Å². The summed E-state index contributed by atoms with van der Waals surface area (Å²) >= 11 is 6.15. The third-order valence-electron chi connectivity index (χ3n) is 4.37. The topological polar surface area (TPSA) is 87.9 Å². The van der Waals surface area contributed by atoms with Crippen molar-refractivity contribution >= 4 is 23.2 Å². The van der Waals surface area contributed by atoms with E-state index in [1.54, 1.807) is 6.20 Å². The molecule has 2 heterocycles. The van der Waals surface area contributed by atoms with Crippen molar-refractivity contribution in [2.45, 2.75) is 19.4 Å². The summed E-state index contributed by atoms with van der Waals surface area (Å²) in [6.07, 6.45) is 3.47. The summed E-state index contributed by atoms with van der Waals surface area (Å²) < 4.78 is 0. The van der Waals surface area contributed by atoms with E-state index < -0.39 is 0 Å². The zero-order chi connectivity index (χ0) is 18.7. The van der Waals surface area contributed by atoms with Gasteiger partial charge < -0.3 is 14.8 Å². The summed E-state index contributed by atoms with van der Waals surface area (Å²) in [7, 11) is 1.45. The number of aromatic nitrogens is 2. The summed E-state index contributed by atoms with van der Waals surface area (Å²) in [6.45, 7) is 2.06. The van der Waals surface area contributed by atoms with Gasteiger partial charge in [0.1, 0.15) is 12.8 Å². The maximum atomic E-state index is 12.7. The van der Waals surface area contributed by atoms with Gasteiger partial charge >= 0.3 is 0 Å². The Morgan fingerprint density at radius 2 is 2.23 bits per heavy atom. The fraction of sp³-hybridized carbons (Fsp3) is 0.333. The van der Waals surface area contributed by atoms with Gasteiger partial charge in [-0.3, -0.25) is 9.78 Å². The van der Waals surface area contributed by atoms with Crippen LogP contribution in [0.5, 0.6) is 0 Å². The normalized spacial score (nSPS) is 18.4. The second-order valence-corrected chi connectivity index (χ2v) is 6.42. The van der Waals surface area contributed by atoms with E-state index in [4.69, 9.17) is 16.4 Å². The quantitative estimate of drug-likeness (QED) is 0.830. The molecule has 0 radical (unpaired) electrons. The van der Waals surface area contributed by atoms with Crippen LogP contribution in [0.1, 0.15) is 22.5 Å². The molecule has 0 saturated carbocycles. The molecule has 1 N–H and O–H groups in total. The molecular weight excluding hydrogens is 356 g/mol. The molecule has 7 nitrogen and oxygen atoms in total. The first-order valence-electron chi connectivity index (χ1n) is 8.13. The standard InChI is InChI=1S/C18H19ClN4O3/c1-11-14(4-3-5-15(11)19)16-7-21-17(8-20-16)18(25)23-9-12(22-26-2)6-13(23)10-24/h3-5,7-8,13,24H,6,9-10H2,1-2H3/b22-12-. The number of aliphatic hydroxyl groups excluding tert-OH is 1. The molecule has 3 rings (SSSR count). The van der Waals surface area contributed by atoms with Gasteiger partial charge in [0.25, 0.3) is 5.91 Å². The number of halogens is 1. The maximum absolute atomic E-state index is 12.7. The molecule has 26 heavy (non-hydrogen) atoms. The molecule has 1 unspecified atom stereocenters. The number of carbonyl (C=O) groups excluding carboxylic acids is 1. The van der Waals surface area contributed by atoms with E-state index in [9.17, 15) is 9.90 Å². The number of rotatable bonds is 4. The summed E-state index contributed by atoms with van der Waals surface area (Å²) in [5.74, 6) is -0.299. The van der Waals surface area contributed by atoms with Crippen molar-refractivity contribution in [3.63, 3.8) is 0 Å². The molecule has 1 atom stereocenters. The average molecular weight is 375 g/mol. The minimum Gasteiger partial charge on any atom is -0.399 e. The Morgan fingerprint density at radius 1 is 1.42 bits per heavy atom. The monoisotopic (exact) mass is 374 g/mol. The van der Waals surface area contributed by atoms with Crippen LogP contribution in [0.3, 0.4) is 0 Å². The van der Waals surface area contributed by atoms with Crippen LogP contribution in [0.15, 0.2) is 35.7 Å². The second-order valence-electron chi connectivity index (χ2n) is 6.01. The minimum atomic E-state index is -0.340. The Balaban J connectivity index is 1.83. The van der Waals surface area contributed by atoms with Crippen LogP contribution in [-0.2, 0) is 4.84 Å². The van der Waals surface area contributed by atoms with E-state index in [1.807, 2.05) is 25.1 Å². The molecule has 1 fully saturated rings. The predicted molar refractivity (Wildman–Crippen MR) is 98.2 cm³/mol. The number of likely N-dealkylation sites (tertiary alicyclic amines) is 1. The second kappa shape index (κ2) is 7.80. The Labute approximate surface area is 156 Å². The number of hydrogen-bond donors (Lipinski definition) is 1. The van der Waals surface area contributed by atoms with Crippen LogP contribution in [0.4, 0.5) is 0 Å². The van der Waals surface area contributed by atoms with E-state index in [0.29, 0.717) is 29.4 Å². The van der Waals surface area contributed by atoms with Crippen molar-refractivity contribution in [3.8, 4) is 11.3 Å². The van der Waals surface area contributed by atoms with E-state index >= 15 is 0 Å². The number of nitrogens with zero attached hydrogens (tertiary/aromatic N) is 4. The Morgan fingerprint density at radius 3 is 2.88 bits per heavy atom. The van der Waals surface area contributed by atoms with Crippen LogP contribution in [0.25, 0.3) is 11.3 Å². The average Bonchev–Trinajstić information content (AvgIpc) is 3.07. The molecule has 0 spiro atoms. The van der Waals surface area contributed by atoms with Gasteiger partial charge in [0.2, 0.25) is 0 Å². The van der Waals surface area contributed by atoms with Crippen LogP contribution in [0.2, 0.25) is 5.02 Å². The SMILES string of the molecule is CO/N=C1/CC(CO)N(C(=O)c2cnc(-c3cccc(Cl)c3C)cn2)C1. The van der Waals surface area contributed by atoms with Gasteiger partial charge in [-0.1, -0.05) is 28.9 Å². The van der Waals surface area contributed by atoms with Crippen molar-refractivity contribution in [1.29, 1.82) is 0 Å². The number of hydrogen-bond acceptors (Lipinski definition) is 6. The largest absolute Gasteiger partial charge is 0.399 e. The third-order valence-corrected chi connectivity index (χ3v) is 4.78. The lowest BCUT2D eigenvalue weighted by atomic mass is 10.1. The number of carbonyl (C=O) groups is 1. The Hall–Kier alpha value is -2.51. The lowest BCUT2D eigenvalue weighted by Gasteiger charge is -2.21. The zero-order valence-corrected chi connectivity index (χ0v) is 15.3. The van der Waals surface area contributed by atoms with Gasteiger partial charge in [-0.25, -0.2) is 4.98 Å². The summed E-state index contributed by atoms with van der Waals surface area (Å²) in [5.41, 5.74) is 3.34. The van der Waals surface area contributed by atoms with Gasteiger partial charge in [-0.15, -0.1) is 0 Å². The Bertz CT molecular complexity index is 839. The van der Waals surface area contributed by atoms with Crippen molar-refractivity contribution in [1.82, 2.24) is 14.9 Å². The maximum Gasteiger partial charge on any atom is 0.274 e. The van der Waals surface area contributed by atoms with Crippen molar-refractivity contribution in [2.75, 3.05) is 20.3 Å². The molecule has 1 aliphatic heterocycles. The van der Waals surface area contributed by atoms with Crippen LogP contribution in [0, 0.1) is 6.92 Å². The molecule has 136 valence electrons. The molecule has 2 aromatic rings. The first-order chi connectivity index (χ1) is 12.5. The first-order valence-corrected chi connectivity index (χ1v) is 8.51. The van der Waals surface area contributed by atoms with Gasteiger partial charge in [0, 0.05) is 17.0 Å². The molecule has 1 saturated heterocycles. The molecule has 1 amide bonds. The number of oxime groups is 1. The fourth-order valence-electron chi connectivity index (χ4n) is 2.98. The smallest absolute Gasteiger partial charge is 0.274 e. The fourth-order valence-corrected chi connectivity index (χ4v) is 3.15. The van der Waals surface area contributed by atoms with E-state index in [2.05, 4.69) is 15.1 Å². The van der Waals surface area contributed by atoms with Gasteiger partial charge in [-0.2, -0.15) is 0 Å². The first kappa shape index (κ1) is 18.3. The molecule has 8 heteroatoms. The van der Waals surface area contributed by atoms with Crippen LogP contribution in [-0.4, -0.2) is 57.9 Å². The lowest BCUT2D eigenvalue weighted by Crippen LogP contribution is -2.38. The van der Waals surface area contributed by atoms with Crippen molar-refractivity contribution in [3.05, 3.63) is 46.9 Å². The highest BCUT2D eigenvalue weighted by Crippen LogP contribution is 2.26. The summed E-state index contributed by atoms with van der Waals surface area (Å²) in [5, 5.41) is 14.1. The third kappa shape index (κ3) is 3.54. The van der Waals surface area contributed by atoms with Gasteiger partial charge in [0.05, 0.1) is 43.0 Å². The highest BCUT2D eigenvalue weighted by Gasteiger charge is 2.34. The number of aliphatic hydroxyl groups is 1. The molecule has 1 aliphatic rings. The van der Waals surface area contributed by atoms with E-state index in [1.165, 1.54) is 18.2 Å². The molecular formula is C18H19ClN4O3. The highest BCUT2D eigenvalue weighted by molar-refractivity contribution is 6.31. The minimum absolute atomic E-state index is 0.151. The Kier molecular flexibility index (Phi) is 5.49. The van der Waals surface area contributed by atoms with Crippen molar-refractivity contribution < 1.29 is 14.7 Å². The molecule has 1 aromatic heterocycles. The predicted octanol–water partition coefficient (Wildman–Crippen LogP) is 2.31. The van der Waals surface area contributed by atoms with Crippen molar-refractivity contribution in [2.24, 2.45) is 5.16 Å². The lowest BCUT2D eigenvalue weighted by molar-refractivity contribution is 0.0674. The van der Waals surface area contributed by atoms with Crippen LogP contribution < -0.4 is 0 Å². The van der Waals surface area contributed by atoms with Gasteiger partial charge in [-0.05, 0) is 18.6 Å². The number of amides is 1. The molecule has 0 bridgehead atoms. The summed E-state index contributed by atoms with van der Waals surface area (Å²) in [6, 6.07) is 5.22. The molecule has 1 aromatic carbocycles. The summed E-state index contributed by atoms with van der Waals surface area (Å²) in [4.78, 5) is 27.7. The molecule has 0 aliphatic carbocycles. The zero-order valence-electron chi connectivity index (χ0n) is 14.5.